The first kappa shape index (κ1) is 15.6. The van der Waals surface area contributed by atoms with E-state index in [4.69, 9.17) is 22.1 Å². The van der Waals surface area contributed by atoms with E-state index in [0.717, 1.165) is 12.8 Å². The van der Waals surface area contributed by atoms with Crippen LogP contribution in [0.5, 0.6) is 0 Å². The Bertz CT molecular complexity index is 610. The summed E-state index contributed by atoms with van der Waals surface area (Å²) >= 11 is 5.89. The molecule has 20 heavy (non-hydrogen) atoms. The summed E-state index contributed by atoms with van der Waals surface area (Å²) in [4.78, 5) is 0.115. The molecule has 1 aliphatic heterocycles. The van der Waals surface area contributed by atoms with Crippen molar-refractivity contribution in [2.45, 2.75) is 37.2 Å². The number of hydrogen-bond acceptors (Lipinski definition) is 4. The van der Waals surface area contributed by atoms with Gasteiger partial charge in [-0.3, -0.25) is 0 Å². The largest absolute Gasteiger partial charge is 0.398 e. The Morgan fingerprint density at radius 1 is 1.50 bits per heavy atom. The van der Waals surface area contributed by atoms with Crippen molar-refractivity contribution in [2.24, 2.45) is 0 Å². The molecule has 1 aromatic rings. The van der Waals surface area contributed by atoms with Gasteiger partial charge in [-0.2, -0.15) is 0 Å². The molecule has 0 spiro atoms. The van der Waals surface area contributed by atoms with E-state index < -0.39 is 15.6 Å². The van der Waals surface area contributed by atoms with E-state index in [1.165, 1.54) is 12.1 Å². The van der Waals surface area contributed by atoms with Crippen molar-refractivity contribution in [3.05, 3.63) is 22.7 Å². The van der Waals surface area contributed by atoms with Crippen LogP contribution in [0.2, 0.25) is 5.02 Å². The monoisotopic (exact) mass is 318 g/mol. The summed E-state index contributed by atoms with van der Waals surface area (Å²) in [5.74, 6) is 0. The molecule has 1 atom stereocenters. The maximum Gasteiger partial charge on any atom is 0.241 e. The van der Waals surface area contributed by atoms with Gasteiger partial charge in [0.25, 0.3) is 0 Å². The lowest BCUT2D eigenvalue weighted by molar-refractivity contribution is 0.0250. The van der Waals surface area contributed by atoms with E-state index in [-0.39, 0.29) is 11.4 Å². The van der Waals surface area contributed by atoms with Crippen molar-refractivity contribution in [3.8, 4) is 0 Å². The van der Waals surface area contributed by atoms with Crippen LogP contribution in [0.3, 0.4) is 0 Å². The zero-order valence-electron chi connectivity index (χ0n) is 11.6. The Morgan fingerprint density at radius 2 is 2.20 bits per heavy atom. The van der Waals surface area contributed by atoms with Gasteiger partial charge in [-0.05, 0) is 44.4 Å². The molecule has 5 nitrogen and oxygen atoms in total. The fourth-order valence-electron chi connectivity index (χ4n) is 2.26. The quantitative estimate of drug-likeness (QED) is 0.833. The molecular weight excluding hydrogens is 300 g/mol. The summed E-state index contributed by atoms with van der Waals surface area (Å²) in [7, 11) is -3.66. The molecule has 1 aromatic carbocycles. The average molecular weight is 319 g/mol. The number of nitrogen functional groups attached to an aromatic ring is 1. The molecule has 0 saturated carbocycles. The van der Waals surface area contributed by atoms with Gasteiger partial charge in [-0.25, -0.2) is 13.1 Å². The summed E-state index contributed by atoms with van der Waals surface area (Å²) in [6.07, 6.45) is 1.79. The first-order valence-corrected chi connectivity index (χ1v) is 8.29. The van der Waals surface area contributed by atoms with E-state index in [1.54, 1.807) is 6.92 Å². The number of ether oxygens (including phenoxy) is 1. The normalized spacial score (nSPS) is 23.1. The fourth-order valence-corrected chi connectivity index (χ4v) is 4.00. The molecule has 1 saturated heterocycles. The van der Waals surface area contributed by atoms with E-state index in [0.29, 0.717) is 22.9 Å². The number of nitrogens with two attached hydrogens (primary N) is 1. The second-order valence-electron chi connectivity index (χ2n) is 5.34. The predicted molar refractivity (Wildman–Crippen MR) is 79.4 cm³/mol. The summed E-state index contributed by atoms with van der Waals surface area (Å²) in [6.45, 7) is 4.47. The van der Waals surface area contributed by atoms with Crippen molar-refractivity contribution >= 4 is 27.3 Å². The Hall–Kier alpha value is -0.820. The van der Waals surface area contributed by atoms with Crippen LogP contribution in [0.4, 0.5) is 5.69 Å². The molecule has 0 aromatic heterocycles. The van der Waals surface area contributed by atoms with Crippen molar-refractivity contribution in [1.82, 2.24) is 4.72 Å². The van der Waals surface area contributed by atoms with Crippen molar-refractivity contribution in [1.29, 1.82) is 0 Å². The summed E-state index contributed by atoms with van der Waals surface area (Å²) in [6, 6.07) is 2.95. The van der Waals surface area contributed by atoms with Gasteiger partial charge in [0.05, 0.1) is 10.5 Å². The van der Waals surface area contributed by atoms with Crippen molar-refractivity contribution in [3.63, 3.8) is 0 Å². The highest BCUT2D eigenvalue weighted by atomic mass is 35.5. The number of anilines is 1. The van der Waals surface area contributed by atoms with E-state index in [1.807, 2.05) is 6.92 Å². The van der Waals surface area contributed by atoms with E-state index in [2.05, 4.69) is 4.72 Å². The van der Waals surface area contributed by atoms with Crippen molar-refractivity contribution in [2.75, 3.05) is 18.9 Å². The van der Waals surface area contributed by atoms with Gasteiger partial charge >= 0.3 is 0 Å². The zero-order valence-corrected chi connectivity index (χ0v) is 13.1. The molecule has 2 rings (SSSR count). The Morgan fingerprint density at radius 3 is 2.80 bits per heavy atom. The molecule has 112 valence electrons. The minimum Gasteiger partial charge on any atom is -0.398 e. The number of nitrogens with one attached hydrogen (secondary N) is 1. The third-order valence-electron chi connectivity index (χ3n) is 3.59. The number of hydrogen-bond donors (Lipinski definition) is 2. The molecule has 0 amide bonds. The third kappa shape index (κ3) is 3.25. The highest BCUT2D eigenvalue weighted by Crippen LogP contribution is 2.28. The first-order chi connectivity index (χ1) is 9.23. The smallest absolute Gasteiger partial charge is 0.241 e. The van der Waals surface area contributed by atoms with Gasteiger partial charge in [0.2, 0.25) is 10.0 Å². The minimum absolute atomic E-state index is 0.115. The lowest BCUT2D eigenvalue weighted by Gasteiger charge is -2.23. The van der Waals surface area contributed by atoms with Crippen LogP contribution in [0, 0.1) is 6.92 Å². The minimum atomic E-state index is -3.66. The lowest BCUT2D eigenvalue weighted by atomic mass is 10.0. The second kappa shape index (κ2) is 5.52. The molecular formula is C13H19ClN2O3S. The molecule has 0 radical (unpaired) electrons. The van der Waals surface area contributed by atoms with Crippen LogP contribution in [0.1, 0.15) is 25.3 Å². The maximum absolute atomic E-state index is 12.4. The van der Waals surface area contributed by atoms with Crippen LogP contribution in [-0.4, -0.2) is 27.2 Å². The Kier molecular flexibility index (Phi) is 4.30. The van der Waals surface area contributed by atoms with Crippen LogP contribution >= 0.6 is 11.6 Å². The standard InChI is InChI=1S/C13H19ClN2O3S/c1-9-11(15)6-10(14)7-12(9)20(17,18)16-8-13(2)4-3-5-19-13/h6-7,16H,3-5,8,15H2,1-2H3. The lowest BCUT2D eigenvalue weighted by Crippen LogP contribution is -2.40. The second-order valence-corrected chi connectivity index (χ2v) is 7.52. The van der Waals surface area contributed by atoms with Crippen molar-refractivity contribution < 1.29 is 13.2 Å². The van der Waals surface area contributed by atoms with Gasteiger partial charge in [-0.15, -0.1) is 0 Å². The first-order valence-electron chi connectivity index (χ1n) is 6.43. The van der Waals surface area contributed by atoms with Crippen LogP contribution in [-0.2, 0) is 14.8 Å². The Labute approximate surface area is 124 Å². The average Bonchev–Trinajstić information content (AvgIpc) is 2.79. The number of benzene rings is 1. The van der Waals surface area contributed by atoms with Crippen LogP contribution in [0.25, 0.3) is 0 Å². The van der Waals surface area contributed by atoms with Crippen LogP contribution < -0.4 is 10.5 Å². The van der Waals surface area contributed by atoms with Crippen LogP contribution in [0.15, 0.2) is 17.0 Å². The maximum atomic E-state index is 12.4. The molecule has 1 aliphatic rings. The molecule has 1 unspecified atom stereocenters. The number of rotatable bonds is 4. The summed E-state index contributed by atoms with van der Waals surface area (Å²) < 4.78 is 32.9. The Balaban J connectivity index is 2.22. The molecule has 1 fully saturated rings. The number of halogens is 1. The molecule has 3 N–H and O–H groups in total. The van der Waals surface area contributed by atoms with Gasteiger partial charge in [0, 0.05) is 23.9 Å². The topological polar surface area (TPSA) is 81.4 Å². The van der Waals surface area contributed by atoms with E-state index in [9.17, 15) is 8.42 Å². The van der Waals surface area contributed by atoms with E-state index >= 15 is 0 Å². The highest BCUT2D eigenvalue weighted by molar-refractivity contribution is 7.89. The van der Waals surface area contributed by atoms with Gasteiger partial charge in [0.15, 0.2) is 0 Å². The fraction of sp³-hybridized carbons (Fsp3) is 0.538. The molecule has 0 bridgehead atoms. The molecule has 7 heteroatoms. The summed E-state index contributed by atoms with van der Waals surface area (Å²) in [5.41, 5.74) is 6.18. The molecule has 1 heterocycles. The summed E-state index contributed by atoms with van der Waals surface area (Å²) in [5, 5.41) is 0.303. The number of sulfonamides is 1. The van der Waals surface area contributed by atoms with Gasteiger partial charge in [0.1, 0.15) is 0 Å². The predicted octanol–water partition coefficient (Wildman–Crippen LogP) is 2.08. The van der Waals surface area contributed by atoms with Gasteiger partial charge < -0.3 is 10.5 Å². The molecule has 0 aliphatic carbocycles. The van der Waals surface area contributed by atoms with Gasteiger partial charge in [-0.1, -0.05) is 11.6 Å². The highest BCUT2D eigenvalue weighted by Gasteiger charge is 2.32. The zero-order chi connectivity index (χ0) is 15.0. The SMILES string of the molecule is Cc1c(N)cc(Cl)cc1S(=O)(=O)NCC1(C)CCCO1. The third-order valence-corrected chi connectivity index (χ3v) is 5.34.